The first-order valence-electron chi connectivity index (χ1n) is 13.0. The van der Waals surface area contributed by atoms with Crippen LogP contribution in [0.1, 0.15) is 50.9 Å². The molecule has 0 bridgehead atoms. The summed E-state index contributed by atoms with van der Waals surface area (Å²) in [5.41, 5.74) is 6.64. The molecule has 3 heterocycles. The van der Waals surface area contributed by atoms with Crippen molar-refractivity contribution in [1.29, 1.82) is 0 Å². The van der Waals surface area contributed by atoms with Crippen LogP contribution in [0.15, 0.2) is 60.8 Å². The van der Waals surface area contributed by atoms with Crippen LogP contribution in [0, 0.1) is 11.6 Å². The third-order valence-corrected chi connectivity index (χ3v) is 7.06. The van der Waals surface area contributed by atoms with E-state index in [-0.39, 0.29) is 54.9 Å². The molecule has 0 unspecified atom stereocenters. The standard InChI is InChI=1S/C30H25F5N4O3/c31-21-10-17(11-22(32)14-21)9-20(27-24(5-2-7-37-27)18-3-1-4-19(12-18)29(36)41)13-23(40)15-39-26-16-42-8-6-25(26)28(38-39)30(33,34)35/h1-5,7,10-12,14,20H,6,8-9,13,15-16H2,(H2,36,41)/t20-/m1/s1. The second kappa shape index (κ2) is 11.8. The molecular weight excluding hydrogens is 559 g/mol. The average Bonchev–Trinajstić information content (AvgIpc) is 3.31. The molecule has 2 aromatic carbocycles. The van der Waals surface area contributed by atoms with Gasteiger partial charge in [0.15, 0.2) is 11.5 Å². The Kier molecular flexibility index (Phi) is 8.17. The molecule has 0 aliphatic carbocycles. The molecule has 1 aliphatic rings. The molecule has 1 aliphatic heterocycles. The van der Waals surface area contributed by atoms with Crippen molar-refractivity contribution in [2.45, 2.75) is 44.5 Å². The number of rotatable bonds is 9. The van der Waals surface area contributed by atoms with E-state index >= 15 is 0 Å². The molecule has 0 saturated heterocycles. The summed E-state index contributed by atoms with van der Waals surface area (Å²) >= 11 is 0. The van der Waals surface area contributed by atoms with E-state index in [9.17, 15) is 31.5 Å². The fraction of sp³-hybridized carbons (Fsp3) is 0.267. The second-order valence-corrected chi connectivity index (χ2v) is 10.0. The Morgan fingerprint density at radius 3 is 2.52 bits per heavy atom. The summed E-state index contributed by atoms with van der Waals surface area (Å²) in [5.74, 6) is -3.45. The van der Waals surface area contributed by atoms with Crippen molar-refractivity contribution in [3.05, 3.63) is 106 Å². The zero-order chi connectivity index (χ0) is 30.0. The lowest BCUT2D eigenvalue weighted by molar-refractivity contribution is -0.142. The van der Waals surface area contributed by atoms with Crippen LogP contribution < -0.4 is 5.73 Å². The number of ether oxygens (including phenoxy) is 1. The van der Waals surface area contributed by atoms with Crippen LogP contribution in [0.4, 0.5) is 22.0 Å². The van der Waals surface area contributed by atoms with Gasteiger partial charge in [-0.3, -0.25) is 19.3 Å². The Labute approximate surface area is 237 Å². The topological polar surface area (TPSA) is 100 Å². The number of benzene rings is 2. The van der Waals surface area contributed by atoms with Crippen molar-refractivity contribution in [2.75, 3.05) is 6.61 Å². The summed E-state index contributed by atoms with van der Waals surface area (Å²) < 4.78 is 75.4. The fourth-order valence-electron chi connectivity index (χ4n) is 5.27. The Morgan fingerprint density at radius 1 is 1.05 bits per heavy atom. The molecular formula is C30H25F5N4O3. The molecule has 0 spiro atoms. The van der Waals surface area contributed by atoms with Crippen LogP contribution >= 0.6 is 0 Å². The molecule has 42 heavy (non-hydrogen) atoms. The van der Waals surface area contributed by atoms with Gasteiger partial charge in [-0.1, -0.05) is 18.2 Å². The highest BCUT2D eigenvalue weighted by Gasteiger charge is 2.40. The zero-order valence-corrected chi connectivity index (χ0v) is 22.1. The smallest absolute Gasteiger partial charge is 0.375 e. The summed E-state index contributed by atoms with van der Waals surface area (Å²) in [6.07, 6.45) is -3.41. The molecule has 1 amide bonds. The third kappa shape index (κ3) is 6.38. The van der Waals surface area contributed by atoms with Gasteiger partial charge >= 0.3 is 6.18 Å². The summed E-state index contributed by atoms with van der Waals surface area (Å²) in [4.78, 5) is 29.7. The van der Waals surface area contributed by atoms with Crippen LogP contribution in [-0.2, 0) is 41.7 Å². The van der Waals surface area contributed by atoms with E-state index in [1.54, 1.807) is 36.4 Å². The molecule has 1 atom stereocenters. The largest absolute Gasteiger partial charge is 0.435 e. The van der Waals surface area contributed by atoms with Gasteiger partial charge in [0.25, 0.3) is 0 Å². The molecule has 0 radical (unpaired) electrons. The number of carbonyl (C=O) groups is 2. The maximum Gasteiger partial charge on any atom is 0.435 e. The number of carbonyl (C=O) groups excluding carboxylic acids is 2. The molecule has 7 nitrogen and oxygen atoms in total. The number of nitrogens with two attached hydrogens (primary N) is 1. The van der Waals surface area contributed by atoms with Gasteiger partial charge in [-0.05, 0) is 54.3 Å². The number of fused-ring (bicyclic) bond motifs is 1. The number of halogens is 5. The molecule has 0 saturated carbocycles. The number of primary amides is 1. The van der Waals surface area contributed by atoms with Gasteiger partial charge in [0, 0.05) is 41.3 Å². The van der Waals surface area contributed by atoms with E-state index in [2.05, 4.69) is 10.1 Å². The lowest BCUT2D eigenvalue weighted by Crippen LogP contribution is -2.20. The highest BCUT2D eigenvalue weighted by molar-refractivity contribution is 5.94. The number of nitrogens with zero attached hydrogens (tertiary/aromatic N) is 3. The first-order valence-corrected chi connectivity index (χ1v) is 13.0. The van der Waals surface area contributed by atoms with E-state index in [0.717, 1.165) is 22.9 Å². The number of pyridine rings is 1. The van der Waals surface area contributed by atoms with Crippen molar-refractivity contribution in [2.24, 2.45) is 5.73 Å². The molecule has 2 aromatic heterocycles. The van der Waals surface area contributed by atoms with Crippen LogP contribution in [0.25, 0.3) is 11.1 Å². The number of aromatic nitrogens is 3. The summed E-state index contributed by atoms with van der Waals surface area (Å²) in [6, 6.07) is 12.9. The minimum absolute atomic E-state index is 0.00588. The third-order valence-electron chi connectivity index (χ3n) is 7.06. The molecule has 0 fully saturated rings. The number of hydrogen-bond acceptors (Lipinski definition) is 5. The first kappa shape index (κ1) is 29.1. The normalized spacial score (nSPS) is 13.9. The second-order valence-electron chi connectivity index (χ2n) is 10.0. The highest BCUT2D eigenvalue weighted by Crippen LogP contribution is 2.36. The van der Waals surface area contributed by atoms with Crippen molar-refractivity contribution < 1.29 is 36.3 Å². The predicted octanol–water partition coefficient (Wildman–Crippen LogP) is 5.40. The monoisotopic (exact) mass is 584 g/mol. The van der Waals surface area contributed by atoms with Crippen molar-refractivity contribution >= 4 is 11.7 Å². The summed E-state index contributed by atoms with van der Waals surface area (Å²) in [6.45, 7) is -0.464. The van der Waals surface area contributed by atoms with Gasteiger partial charge in [-0.25, -0.2) is 8.78 Å². The van der Waals surface area contributed by atoms with Crippen LogP contribution in [0.5, 0.6) is 0 Å². The van der Waals surface area contributed by atoms with Crippen molar-refractivity contribution in [3.63, 3.8) is 0 Å². The number of Topliss-reactive ketones (excluding diaryl/α,β-unsaturated/α-hetero) is 1. The Morgan fingerprint density at radius 2 is 1.81 bits per heavy atom. The maximum absolute atomic E-state index is 14.1. The van der Waals surface area contributed by atoms with E-state index in [1.807, 2.05) is 0 Å². The molecule has 4 aromatic rings. The highest BCUT2D eigenvalue weighted by atomic mass is 19.4. The molecule has 5 rings (SSSR count). The number of amides is 1. The van der Waals surface area contributed by atoms with Gasteiger partial charge in [-0.15, -0.1) is 0 Å². The fourth-order valence-corrected chi connectivity index (χ4v) is 5.27. The zero-order valence-electron chi connectivity index (χ0n) is 22.1. The Bertz CT molecular complexity index is 1630. The minimum Gasteiger partial charge on any atom is -0.375 e. The minimum atomic E-state index is -4.69. The molecule has 218 valence electrons. The Hall–Kier alpha value is -4.45. The lowest BCUT2D eigenvalue weighted by atomic mass is 9.86. The number of ketones is 1. The van der Waals surface area contributed by atoms with Crippen LogP contribution in [0.2, 0.25) is 0 Å². The SMILES string of the molecule is NC(=O)c1cccc(-c2cccnc2[C@@H](CC(=O)Cn2nc(C(F)(F)F)c3c2COCC3)Cc2cc(F)cc(F)c2)c1. The summed E-state index contributed by atoms with van der Waals surface area (Å²) in [7, 11) is 0. The van der Waals surface area contributed by atoms with Gasteiger partial charge in [0.2, 0.25) is 5.91 Å². The number of hydrogen-bond donors (Lipinski definition) is 1. The van der Waals surface area contributed by atoms with Gasteiger partial charge in [0.05, 0.1) is 31.1 Å². The quantitative estimate of drug-likeness (QED) is 0.266. The first-order chi connectivity index (χ1) is 20.0. The lowest BCUT2D eigenvalue weighted by Gasteiger charge is -2.20. The van der Waals surface area contributed by atoms with Gasteiger partial charge < -0.3 is 10.5 Å². The molecule has 12 heteroatoms. The van der Waals surface area contributed by atoms with E-state index in [4.69, 9.17) is 10.5 Å². The van der Waals surface area contributed by atoms with E-state index in [1.165, 1.54) is 6.20 Å². The van der Waals surface area contributed by atoms with E-state index < -0.39 is 47.7 Å². The van der Waals surface area contributed by atoms with Crippen molar-refractivity contribution in [1.82, 2.24) is 14.8 Å². The maximum atomic E-state index is 14.1. The average molecular weight is 585 g/mol. The van der Waals surface area contributed by atoms with E-state index in [0.29, 0.717) is 16.8 Å². The summed E-state index contributed by atoms with van der Waals surface area (Å²) in [5, 5.41) is 3.71. The predicted molar refractivity (Wildman–Crippen MR) is 141 cm³/mol. The van der Waals surface area contributed by atoms with Gasteiger partial charge in [-0.2, -0.15) is 18.3 Å². The van der Waals surface area contributed by atoms with Gasteiger partial charge in [0.1, 0.15) is 11.6 Å². The Balaban J connectivity index is 1.51. The molecule has 2 N–H and O–H groups in total. The van der Waals surface area contributed by atoms with Crippen LogP contribution in [0.3, 0.4) is 0 Å². The number of alkyl halides is 3. The van der Waals surface area contributed by atoms with Crippen LogP contribution in [-0.4, -0.2) is 33.1 Å². The van der Waals surface area contributed by atoms with Crippen molar-refractivity contribution in [3.8, 4) is 11.1 Å².